The molecule has 1 atom stereocenters. The molecular weight excluding hydrogens is 221 g/mol. The first kappa shape index (κ1) is 13.5. The van der Waals surface area contributed by atoms with Crippen molar-refractivity contribution in [1.82, 2.24) is 0 Å². The number of halogens is 7. The molecule has 0 aromatic heterocycles. The van der Waals surface area contributed by atoms with E-state index in [1.165, 1.54) is 0 Å². The van der Waals surface area contributed by atoms with Crippen molar-refractivity contribution >= 4 is 0 Å². The third-order valence-electron chi connectivity index (χ3n) is 1.56. The monoisotopic (exact) mass is 228 g/mol. The van der Waals surface area contributed by atoms with E-state index in [9.17, 15) is 30.7 Å². The summed E-state index contributed by atoms with van der Waals surface area (Å²) < 4.78 is 82.9. The van der Waals surface area contributed by atoms with Gasteiger partial charge in [0.2, 0.25) is 0 Å². The van der Waals surface area contributed by atoms with Gasteiger partial charge in [-0.25, -0.2) is 0 Å². The highest BCUT2D eigenvalue weighted by Gasteiger charge is 2.58. The lowest BCUT2D eigenvalue weighted by atomic mass is 10.0. The van der Waals surface area contributed by atoms with Crippen LogP contribution in [0.5, 0.6) is 0 Å². The van der Waals surface area contributed by atoms with Crippen LogP contribution in [-0.2, 0) is 0 Å². The third kappa shape index (κ3) is 3.32. The molecule has 0 aromatic rings. The smallest absolute Gasteiger partial charge is 0.332 e. The minimum atomic E-state index is -5.44. The lowest BCUT2D eigenvalue weighted by molar-refractivity contribution is -0.336. The van der Waals surface area contributed by atoms with Crippen LogP contribution in [0.25, 0.3) is 0 Å². The largest absolute Gasteiger partial charge is 0.416 e. The van der Waals surface area contributed by atoms with Gasteiger partial charge in [-0.05, 0) is 0 Å². The van der Waals surface area contributed by atoms with Gasteiger partial charge in [0, 0.05) is 6.42 Å². The molecule has 1 N–H and O–H groups in total. The van der Waals surface area contributed by atoms with Crippen LogP contribution in [0.3, 0.4) is 0 Å². The third-order valence-corrected chi connectivity index (χ3v) is 1.56. The van der Waals surface area contributed by atoms with E-state index in [1.807, 2.05) is 0 Å². The minimum absolute atomic E-state index is 0.333. The molecule has 86 valence electrons. The maximum atomic E-state index is 12.2. The fraction of sp³-hybridized carbons (Fsp3) is 1.00. The van der Waals surface area contributed by atoms with Gasteiger partial charge in [-0.15, -0.1) is 0 Å². The van der Waals surface area contributed by atoms with Crippen molar-refractivity contribution in [3.63, 3.8) is 0 Å². The van der Waals surface area contributed by atoms with E-state index >= 15 is 0 Å². The van der Waals surface area contributed by atoms with Crippen molar-refractivity contribution in [2.75, 3.05) is 0 Å². The zero-order valence-corrected chi connectivity index (χ0v) is 6.88. The van der Waals surface area contributed by atoms with Gasteiger partial charge < -0.3 is 5.11 Å². The Morgan fingerprint density at radius 1 is 1.00 bits per heavy atom. The van der Waals surface area contributed by atoms with Crippen LogP contribution in [-0.4, -0.2) is 23.3 Å². The normalized spacial score (nSPS) is 16.9. The number of hydrogen-bond donors (Lipinski definition) is 1. The topological polar surface area (TPSA) is 20.2 Å². The zero-order chi connectivity index (χ0) is 11.8. The summed E-state index contributed by atoms with van der Waals surface area (Å²) in [4.78, 5) is 0. The molecule has 0 heterocycles. The van der Waals surface area contributed by atoms with E-state index in [2.05, 4.69) is 0 Å². The molecule has 1 unspecified atom stereocenters. The van der Waals surface area contributed by atoms with E-state index in [0.29, 0.717) is 6.92 Å². The highest BCUT2D eigenvalue weighted by Crippen LogP contribution is 2.41. The van der Waals surface area contributed by atoms with Gasteiger partial charge in [0.05, 0.1) is 5.92 Å². The maximum Gasteiger partial charge on any atom is 0.416 e. The molecule has 0 aliphatic carbocycles. The molecular formula is C6H7F7O. The number of hydrogen-bond acceptors (Lipinski definition) is 1. The van der Waals surface area contributed by atoms with Crippen LogP contribution in [0.15, 0.2) is 0 Å². The summed E-state index contributed by atoms with van der Waals surface area (Å²) in [6.07, 6.45) is -12.6. The Balaban J connectivity index is 4.53. The number of rotatable bonds is 3. The molecule has 0 spiro atoms. The molecule has 14 heavy (non-hydrogen) atoms. The van der Waals surface area contributed by atoms with E-state index in [4.69, 9.17) is 5.11 Å². The second-order valence-corrected chi connectivity index (χ2v) is 2.89. The van der Waals surface area contributed by atoms with Crippen molar-refractivity contribution in [2.24, 2.45) is 5.92 Å². The molecule has 0 fully saturated rings. The van der Waals surface area contributed by atoms with Crippen LogP contribution >= 0.6 is 0 Å². The predicted octanol–water partition coefficient (Wildman–Crippen LogP) is 2.80. The van der Waals surface area contributed by atoms with Gasteiger partial charge in [0.1, 0.15) is 0 Å². The Morgan fingerprint density at radius 2 is 1.36 bits per heavy atom. The Morgan fingerprint density at radius 3 is 1.57 bits per heavy atom. The second kappa shape index (κ2) is 3.56. The van der Waals surface area contributed by atoms with Crippen LogP contribution in [0.2, 0.25) is 0 Å². The van der Waals surface area contributed by atoms with Crippen LogP contribution in [0.4, 0.5) is 30.7 Å². The summed E-state index contributed by atoms with van der Waals surface area (Å²) in [5, 5.41) is 7.61. The molecule has 1 nitrogen and oxygen atoms in total. The van der Waals surface area contributed by atoms with Gasteiger partial charge in [-0.2, -0.15) is 30.7 Å². The van der Waals surface area contributed by atoms with Crippen LogP contribution in [0, 0.1) is 5.92 Å². The molecule has 0 bridgehead atoms. The summed E-state index contributed by atoms with van der Waals surface area (Å²) in [6.45, 7) is 0.333. The minimum Gasteiger partial charge on any atom is -0.332 e. The molecule has 0 aliphatic rings. The summed E-state index contributed by atoms with van der Waals surface area (Å²) in [5.41, 5.74) is 0. The highest BCUT2D eigenvalue weighted by atomic mass is 19.4. The maximum absolute atomic E-state index is 12.2. The van der Waals surface area contributed by atoms with E-state index in [1.54, 1.807) is 0 Å². The first-order chi connectivity index (χ1) is 5.88. The average molecular weight is 228 g/mol. The van der Waals surface area contributed by atoms with Crippen molar-refractivity contribution in [3.8, 4) is 0 Å². The van der Waals surface area contributed by atoms with Crippen molar-refractivity contribution in [2.45, 2.75) is 31.6 Å². The molecule has 0 radical (unpaired) electrons. The van der Waals surface area contributed by atoms with Gasteiger partial charge in [-0.1, -0.05) is 6.92 Å². The fourth-order valence-electron chi connectivity index (χ4n) is 0.623. The second-order valence-electron chi connectivity index (χ2n) is 2.89. The number of alkyl halides is 7. The first-order valence-corrected chi connectivity index (χ1v) is 3.42. The molecule has 0 aliphatic heterocycles. The van der Waals surface area contributed by atoms with E-state index < -0.39 is 30.5 Å². The molecule has 8 heteroatoms. The summed E-state index contributed by atoms with van der Waals surface area (Å²) in [5.74, 6) is -7.70. The van der Waals surface area contributed by atoms with Gasteiger partial charge in [0.25, 0.3) is 0 Å². The molecule has 0 saturated heterocycles. The summed E-state index contributed by atoms with van der Waals surface area (Å²) in [7, 11) is 0. The van der Waals surface area contributed by atoms with Crippen molar-refractivity contribution in [1.29, 1.82) is 0 Å². The number of aliphatic hydroxyl groups is 1. The molecule has 0 rings (SSSR count). The highest BCUT2D eigenvalue weighted by molar-refractivity contribution is 4.79. The lowest BCUT2D eigenvalue weighted by Crippen LogP contribution is -2.43. The van der Waals surface area contributed by atoms with E-state index in [0.717, 1.165) is 0 Å². The standard InChI is InChI=1S/C6H7F7O/c1-3(5(9,10)11)2-4(7,8)6(12,13)14/h3,14H,2H2,1H3. The lowest BCUT2D eigenvalue weighted by Gasteiger charge is -2.25. The van der Waals surface area contributed by atoms with Crippen LogP contribution < -0.4 is 0 Å². The van der Waals surface area contributed by atoms with Crippen molar-refractivity contribution in [3.05, 3.63) is 0 Å². The Hall–Kier alpha value is -0.530. The van der Waals surface area contributed by atoms with Gasteiger partial charge in [-0.3, -0.25) is 0 Å². The fourth-order valence-corrected chi connectivity index (χ4v) is 0.623. The molecule has 0 aromatic carbocycles. The van der Waals surface area contributed by atoms with Gasteiger partial charge >= 0.3 is 18.2 Å². The Bertz CT molecular complexity index is 191. The van der Waals surface area contributed by atoms with E-state index in [-0.39, 0.29) is 0 Å². The SMILES string of the molecule is CC(CC(F)(F)C(O)(F)F)C(F)(F)F. The quantitative estimate of drug-likeness (QED) is 0.736. The summed E-state index contributed by atoms with van der Waals surface area (Å²) in [6, 6.07) is 0. The molecule has 0 saturated carbocycles. The van der Waals surface area contributed by atoms with Crippen molar-refractivity contribution < 1.29 is 35.8 Å². The average Bonchev–Trinajstić information content (AvgIpc) is 1.80. The van der Waals surface area contributed by atoms with Crippen LogP contribution in [0.1, 0.15) is 13.3 Å². The first-order valence-electron chi connectivity index (χ1n) is 3.42. The summed E-state index contributed by atoms with van der Waals surface area (Å²) >= 11 is 0. The Kier molecular flexibility index (Phi) is 3.42. The zero-order valence-electron chi connectivity index (χ0n) is 6.88. The predicted molar refractivity (Wildman–Crippen MR) is 31.9 cm³/mol. The Labute approximate surface area is 74.5 Å². The van der Waals surface area contributed by atoms with Gasteiger partial charge in [0.15, 0.2) is 0 Å². The molecule has 0 amide bonds.